The second-order valence-electron chi connectivity index (χ2n) is 4.65. The molecule has 0 unspecified atom stereocenters. The highest BCUT2D eigenvalue weighted by Crippen LogP contribution is 2.16. The lowest BCUT2D eigenvalue weighted by atomic mass is 10.1. The van der Waals surface area contributed by atoms with Crippen LogP contribution in [-0.4, -0.2) is 31.8 Å². The van der Waals surface area contributed by atoms with Crippen molar-refractivity contribution in [3.63, 3.8) is 0 Å². The van der Waals surface area contributed by atoms with Crippen molar-refractivity contribution in [2.75, 3.05) is 19.7 Å². The van der Waals surface area contributed by atoms with Crippen LogP contribution >= 0.6 is 0 Å². The maximum atomic E-state index is 12.0. The van der Waals surface area contributed by atoms with Crippen molar-refractivity contribution in [1.82, 2.24) is 10.6 Å². The van der Waals surface area contributed by atoms with Crippen molar-refractivity contribution in [3.05, 3.63) is 35.4 Å². The van der Waals surface area contributed by atoms with Crippen LogP contribution in [0.25, 0.3) is 0 Å². The minimum Gasteiger partial charge on any atom is -0.367 e. The number of halogens is 3. The number of hydrogen-bond donors (Lipinski definition) is 2. The van der Waals surface area contributed by atoms with E-state index in [4.69, 9.17) is 0 Å². The molecule has 0 saturated heterocycles. The first-order valence-electron chi connectivity index (χ1n) is 7.19. The molecule has 0 saturated carbocycles. The second kappa shape index (κ2) is 9.30. The molecule has 0 aliphatic rings. The van der Waals surface area contributed by atoms with Crippen LogP contribution in [0.1, 0.15) is 25.0 Å². The largest absolute Gasteiger partial charge is 0.411 e. The highest BCUT2D eigenvalue weighted by atomic mass is 19.4. The zero-order valence-electron chi connectivity index (χ0n) is 12.8. The molecule has 0 atom stereocenters. The number of nitrogens with one attached hydrogen (secondary N) is 2. The summed E-state index contributed by atoms with van der Waals surface area (Å²) in [6, 6.07) is 7.21. The Balaban J connectivity index is 2.57. The lowest BCUT2D eigenvalue weighted by Gasteiger charge is -2.10. The number of guanidine groups is 1. The minimum absolute atomic E-state index is 0.0651. The molecule has 0 bridgehead atoms. The Kier molecular flexibility index (Phi) is 7.73. The van der Waals surface area contributed by atoms with E-state index >= 15 is 0 Å². The Bertz CT molecular complexity index is 467. The summed E-state index contributed by atoms with van der Waals surface area (Å²) in [6.45, 7) is 4.62. The van der Waals surface area contributed by atoms with E-state index < -0.39 is 12.8 Å². The summed E-state index contributed by atoms with van der Waals surface area (Å²) < 4.78 is 40.8. The lowest BCUT2D eigenvalue weighted by molar-refractivity contribution is -0.176. The number of aliphatic imine (C=N–C) groups is 1. The quantitative estimate of drug-likeness (QED) is 0.600. The molecular weight excluding hydrogens is 295 g/mol. The fraction of sp³-hybridized carbons (Fsp3) is 0.533. The van der Waals surface area contributed by atoms with E-state index in [1.165, 1.54) is 0 Å². The highest BCUT2D eigenvalue weighted by molar-refractivity contribution is 5.79. The molecule has 0 aromatic heterocycles. The van der Waals surface area contributed by atoms with Crippen molar-refractivity contribution < 1.29 is 17.9 Å². The molecule has 0 radical (unpaired) electrons. The predicted octanol–water partition coefficient (Wildman–Crippen LogP) is 2.84. The van der Waals surface area contributed by atoms with Crippen molar-refractivity contribution in [2.24, 2.45) is 4.99 Å². The summed E-state index contributed by atoms with van der Waals surface area (Å²) in [6.07, 6.45) is -4.30. The summed E-state index contributed by atoms with van der Waals surface area (Å²) >= 11 is 0. The van der Waals surface area contributed by atoms with Gasteiger partial charge in [0.1, 0.15) is 6.61 Å². The van der Waals surface area contributed by atoms with Gasteiger partial charge in [-0.25, -0.2) is 4.99 Å². The molecule has 1 aromatic rings. The van der Waals surface area contributed by atoms with Gasteiger partial charge >= 0.3 is 6.18 Å². The van der Waals surface area contributed by atoms with Gasteiger partial charge in [-0.2, -0.15) is 13.2 Å². The molecule has 0 aliphatic heterocycles. The van der Waals surface area contributed by atoms with Gasteiger partial charge in [-0.05, 0) is 25.0 Å². The van der Waals surface area contributed by atoms with Gasteiger partial charge in [0.05, 0.1) is 13.2 Å². The Morgan fingerprint density at radius 1 is 1.14 bits per heavy atom. The van der Waals surface area contributed by atoms with Gasteiger partial charge in [0.15, 0.2) is 5.96 Å². The van der Waals surface area contributed by atoms with Crippen molar-refractivity contribution in [1.29, 1.82) is 0 Å². The van der Waals surface area contributed by atoms with Crippen molar-refractivity contribution >= 4 is 5.96 Å². The van der Waals surface area contributed by atoms with E-state index in [-0.39, 0.29) is 6.61 Å². The molecule has 7 heteroatoms. The van der Waals surface area contributed by atoms with Gasteiger partial charge in [-0.3, -0.25) is 0 Å². The topological polar surface area (TPSA) is 45.7 Å². The molecule has 0 fully saturated rings. The van der Waals surface area contributed by atoms with E-state index in [9.17, 15) is 13.2 Å². The summed E-state index contributed by atoms with van der Waals surface area (Å²) in [5.41, 5.74) is 1.62. The number of rotatable bonds is 7. The van der Waals surface area contributed by atoms with E-state index in [0.29, 0.717) is 18.1 Å². The first-order valence-corrected chi connectivity index (χ1v) is 7.19. The zero-order valence-corrected chi connectivity index (χ0v) is 12.8. The monoisotopic (exact) mass is 317 g/mol. The van der Waals surface area contributed by atoms with Gasteiger partial charge in [0.2, 0.25) is 0 Å². The van der Waals surface area contributed by atoms with E-state index in [1.54, 1.807) is 18.2 Å². The summed E-state index contributed by atoms with van der Waals surface area (Å²) in [7, 11) is 0. The van der Waals surface area contributed by atoms with Gasteiger partial charge in [-0.15, -0.1) is 0 Å². The van der Waals surface area contributed by atoms with Crippen LogP contribution in [0.5, 0.6) is 0 Å². The molecular formula is C15H22F3N3O. The third kappa shape index (κ3) is 7.87. The molecule has 22 heavy (non-hydrogen) atoms. The van der Waals surface area contributed by atoms with Gasteiger partial charge in [0, 0.05) is 13.1 Å². The number of alkyl halides is 3. The van der Waals surface area contributed by atoms with Crippen LogP contribution in [0.2, 0.25) is 0 Å². The molecule has 0 amide bonds. The maximum Gasteiger partial charge on any atom is 0.411 e. The van der Waals surface area contributed by atoms with Crippen LogP contribution in [0.15, 0.2) is 29.3 Å². The number of ether oxygens (including phenoxy) is 1. The summed E-state index contributed by atoms with van der Waals surface area (Å²) in [5, 5.41) is 6.22. The standard InChI is InChI=1S/C15H22F3N3O/c1-3-19-14(20-4-2)21-9-12-6-5-7-13(8-12)10-22-11-15(16,17)18/h5-8H,3-4,9-11H2,1-2H3,(H2,19,20,21). The number of nitrogens with zero attached hydrogens (tertiary/aromatic N) is 1. The van der Waals surface area contributed by atoms with E-state index in [1.807, 2.05) is 19.9 Å². The molecule has 2 N–H and O–H groups in total. The lowest BCUT2D eigenvalue weighted by Crippen LogP contribution is -2.36. The zero-order chi connectivity index (χ0) is 16.4. The Morgan fingerprint density at radius 3 is 2.36 bits per heavy atom. The molecule has 0 aliphatic carbocycles. The first-order chi connectivity index (χ1) is 10.4. The molecule has 124 valence electrons. The van der Waals surface area contributed by atoms with Crippen molar-refractivity contribution in [3.8, 4) is 0 Å². The third-order valence-electron chi connectivity index (χ3n) is 2.63. The van der Waals surface area contributed by atoms with E-state index in [0.717, 1.165) is 18.7 Å². The Hall–Kier alpha value is -1.76. The fourth-order valence-corrected chi connectivity index (χ4v) is 1.78. The smallest absolute Gasteiger partial charge is 0.367 e. The summed E-state index contributed by atoms with van der Waals surface area (Å²) in [4.78, 5) is 4.41. The fourth-order valence-electron chi connectivity index (χ4n) is 1.78. The molecule has 1 rings (SSSR count). The van der Waals surface area contributed by atoms with Gasteiger partial charge < -0.3 is 15.4 Å². The van der Waals surface area contributed by atoms with E-state index in [2.05, 4.69) is 20.4 Å². The van der Waals surface area contributed by atoms with Crippen molar-refractivity contribution in [2.45, 2.75) is 33.2 Å². The SMILES string of the molecule is CCNC(=NCc1cccc(COCC(F)(F)F)c1)NCC. The van der Waals surface area contributed by atoms with Crippen LogP contribution < -0.4 is 10.6 Å². The average Bonchev–Trinajstić information content (AvgIpc) is 2.44. The Morgan fingerprint density at radius 2 is 1.77 bits per heavy atom. The van der Waals surface area contributed by atoms with Crippen LogP contribution in [0.3, 0.4) is 0 Å². The average molecular weight is 317 g/mol. The second-order valence-corrected chi connectivity index (χ2v) is 4.65. The number of benzene rings is 1. The van der Waals surface area contributed by atoms with Crippen LogP contribution in [-0.2, 0) is 17.9 Å². The molecule has 1 aromatic carbocycles. The van der Waals surface area contributed by atoms with Gasteiger partial charge in [-0.1, -0.05) is 24.3 Å². The number of hydrogen-bond acceptors (Lipinski definition) is 2. The normalized spacial score (nSPS) is 11.1. The highest BCUT2D eigenvalue weighted by Gasteiger charge is 2.27. The Labute approximate surface area is 128 Å². The minimum atomic E-state index is -4.30. The molecule has 4 nitrogen and oxygen atoms in total. The molecule has 0 spiro atoms. The van der Waals surface area contributed by atoms with Gasteiger partial charge in [0.25, 0.3) is 0 Å². The predicted molar refractivity (Wildman–Crippen MR) is 80.6 cm³/mol. The van der Waals surface area contributed by atoms with Crippen LogP contribution in [0.4, 0.5) is 13.2 Å². The maximum absolute atomic E-state index is 12.0. The third-order valence-corrected chi connectivity index (χ3v) is 2.63. The molecule has 0 heterocycles. The first kappa shape index (κ1) is 18.3. The van der Waals surface area contributed by atoms with Crippen LogP contribution in [0, 0.1) is 0 Å². The summed E-state index contributed by atoms with van der Waals surface area (Å²) in [5.74, 6) is 0.712.